The molecule has 0 radical (unpaired) electrons. The topological polar surface area (TPSA) is 50.9 Å². The van der Waals surface area contributed by atoms with Gasteiger partial charge in [-0.15, -0.1) is 5.10 Å². The smallest absolute Gasteiger partial charge is 0.181 e. The van der Waals surface area contributed by atoms with E-state index in [0.717, 1.165) is 11.1 Å². The zero-order valence-electron chi connectivity index (χ0n) is 13.7. The van der Waals surface area contributed by atoms with Crippen molar-refractivity contribution in [3.05, 3.63) is 63.1 Å². The lowest BCUT2D eigenvalue weighted by atomic mass is 10.1. The third-order valence-corrected chi connectivity index (χ3v) is 4.78. The van der Waals surface area contributed by atoms with Crippen LogP contribution in [0.1, 0.15) is 24.2 Å². The molecule has 4 nitrogen and oxygen atoms in total. The highest BCUT2D eigenvalue weighted by molar-refractivity contribution is 9.10. The minimum atomic E-state index is -0.383. The highest BCUT2D eigenvalue weighted by Crippen LogP contribution is 2.28. The minimum absolute atomic E-state index is 0.0865. The summed E-state index contributed by atoms with van der Waals surface area (Å²) < 4.78 is 16.0. The van der Waals surface area contributed by atoms with Crippen molar-refractivity contribution < 1.29 is 9.50 Å². The highest BCUT2D eigenvalue weighted by atomic mass is 79.9. The fourth-order valence-electron chi connectivity index (χ4n) is 2.49. The van der Waals surface area contributed by atoms with Gasteiger partial charge in [-0.1, -0.05) is 18.5 Å². The van der Waals surface area contributed by atoms with E-state index >= 15 is 0 Å². The largest absolute Gasteiger partial charge is 0.396 e. The van der Waals surface area contributed by atoms with Crippen LogP contribution >= 0.6 is 27.5 Å². The van der Waals surface area contributed by atoms with Gasteiger partial charge in [-0.2, -0.15) is 0 Å². The van der Waals surface area contributed by atoms with Crippen LogP contribution in [0.15, 0.2) is 40.9 Å². The first-order valence-electron chi connectivity index (χ1n) is 7.70. The molecule has 0 fully saturated rings. The maximum Gasteiger partial charge on any atom is 0.181 e. The fraction of sp³-hybridized carbons (Fsp3) is 0.222. The zero-order chi connectivity index (χ0) is 18.1. The summed E-state index contributed by atoms with van der Waals surface area (Å²) in [5.74, 6) is 0.429. The predicted octanol–water partition coefficient (Wildman–Crippen LogP) is 4.89. The van der Waals surface area contributed by atoms with Crippen molar-refractivity contribution in [2.45, 2.75) is 19.8 Å². The van der Waals surface area contributed by atoms with E-state index in [-0.39, 0.29) is 18.3 Å². The number of rotatable bonds is 4. The van der Waals surface area contributed by atoms with Crippen LogP contribution in [0.4, 0.5) is 4.39 Å². The molecule has 1 aromatic heterocycles. The van der Waals surface area contributed by atoms with Gasteiger partial charge in [0.05, 0.1) is 16.8 Å². The van der Waals surface area contributed by atoms with E-state index in [9.17, 15) is 9.50 Å². The Kier molecular flexibility index (Phi) is 5.22. The number of benzene rings is 2. The van der Waals surface area contributed by atoms with Crippen LogP contribution in [0.5, 0.6) is 0 Å². The van der Waals surface area contributed by atoms with Crippen molar-refractivity contribution in [1.29, 1.82) is 0 Å². The van der Waals surface area contributed by atoms with E-state index in [1.807, 2.05) is 26.0 Å². The second-order valence-electron chi connectivity index (χ2n) is 5.85. The molecule has 7 heteroatoms. The maximum absolute atomic E-state index is 14.1. The second-order valence-corrected chi connectivity index (χ2v) is 7.14. The molecule has 2 aromatic carbocycles. The number of aliphatic hydroxyl groups excluding tert-OH is 1. The molecule has 0 aliphatic rings. The first-order chi connectivity index (χ1) is 11.9. The third kappa shape index (κ3) is 3.61. The Labute approximate surface area is 158 Å². The van der Waals surface area contributed by atoms with E-state index in [1.54, 1.807) is 22.9 Å². The Hall–Kier alpha value is -1.76. The Bertz CT molecular complexity index is 911. The molecular weight excluding hydrogens is 409 g/mol. The quantitative estimate of drug-likeness (QED) is 0.648. The van der Waals surface area contributed by atoms with Crippen LogP contribution in [0.2, 0.25) is 5.02 Å². The van der Waals surface area contributed by atoms with Gasteiger partial charge in [0.15, 0.2) is 5.82 Å². The van der Waals surface area contributed by atoms with Gasteiger partial charge >= 0.3 is 0 Å². The molecule has 0 aliphatic heterocycles. The van der Waals surface area contributed by atoms with Crippen molar-refractivity contribution in [2.24, 2.45) is 0 Å². The number of hydrogen-bond donors (Lipinski definition) is 1. The van der Waals surface area contributed by atoms with Gasteiger partial charge in [0, 0.05) is 22.6 Å². The molecule has 1 unspecified atom stereocenters. The van der Waals surface area contributed by atoms with E-state index in [0.29, 0.717) is 26.8 Å². The summed E-state index contributed by atoms with van der Waals surface area (Å²) in [6.07, 6.45) is 0. The monoisotopic (exact) mass is 423 g/mol. The van der Waals surface area contributed by atoms with Crippen LogP contribution in [0.3, 0.4) is 0 Å². The van der Waals surface area contributed by atoms with Crippen molar-refractivity contribution >= 4 is 27.5 Å². The van der Waals surface area contributed by atoms with Crippen molar-refractivity contribution in [3.8, 4) is 17.1 Å². The SMILES string of the molecule is Cc1cc(Br)c(F)cc1-n1nc(-c2ccc(Cl)cc2)nc1C(C)CO. The average Bonchev–Trinajstić information content (AvgIpc) is 3.03. The van der Waals surface area contributed by atoms with Gasteiger partial charge in [-0.3, -0.25) is 0 Å². The molecule has 3 aromatic rings. The number of hydrogen-bond acceptors (Lipinski definition) is 3. The Morgan fingerprint density at radius 2 is 1.96 bits per heavy atom. The van der Waals surface area contributed by atoms with Crippen LogP contribution < -0.4 is 0 Å². The lowest BCUT2D eigenvalue weighted by Gasteiger charge is -2.12. The van der Waals surface area contributed by atoms with Crippen molar-refractivity contribution in [1.82, 2.24) is 14.8 Å². The van der Waals surface area contributed by atoms with Gasteiger partial charge in [0.25, 0.3) is 0 Å². The lowest BCUT2D eigenvalue weighted by molar-refractivity contribution is 0.267. The zero-order valence-corrected chi connectivity index (χ0v) is 16.0. The van der Waals surface area contributed by atoms with E-state index in [4.69, 9.17) is 11.6 Å². The van der Waals surface area contributed by atoms with E-state index < -0.39 is 0 Å². The molecule has 1 heterocycles. The summed E-state index contributed by atoms with van der Waals surface area (Å²) in [6, 6.07) is 10.3. The minimum Gasteiger partial charge on any atom is -0.396 e. The number of aryl methyl sites for hydroxylation is 1. The van der Waals surface area contributed by atoms with Gasteiger partial charge in [-0.05, 0) is 58.7 Å². The molecular formula is C18H16BrClFN3O. The standard InChI is InChI=1S/C18H16BrClFN3O/c1-10-7-14(19)15(21)8-16(10)24-18(11(2)9-25)22-17(23-24)12-3-5-13(20)6-4-12/h3-8,11,25H,9H2,1-2H3. The molecule has 3 rings (SSSR count). The van der Waals surface area contributed by atoms with Crippen LogP contribution in [0, 0.1) is 12.7 Å². The third-order valence-electron chi connectivity index (χ3n) is 3.92. The van der Waals surface area contributed by atoms with Crippen LogP contribution in [-0.4, -0.2) is 26.5 Å². The Balaban J connectivity index is 2.18. The normalized spacial score (nSPS) is 12.4. The fourth-order valence-corrected chi connectivity index (χ4v) is 3.07. The average molecular weight is 425 g/mol. The molecule has 130 valence electrons. The van der Waals surface area contributed by atoms with Crippen LogP contribution in [-0.2, 0) is 0 Å². The molecule has 0 saturated heterocycles. The molecule has 25 heavy (non-hydrogen) atoms. The first-order valence-corrected chi connectivity index (χ1v) is 8.87. The van der Waals surface area contributed by atoms with Gasteiger partial charge in [0.1, 0.15) is 11.6 Å². The summed E-state index contributed by atoms with van der Waals surface area (Å²) in [4.78, 5) is 4.57. The van der Waals surface area contributed by atoms with Gasteiger partial charge in [0.2, 0.25) is 0 Å². The number of aliphatic hydroxyl groups is 1. The van der Waals surface area contributed by atoms with Gasteiger partial charge < -0.3 is 5.11 Å². The summed E-state index contributed by atoms with van der Waals surface area (Å²) >= 11 is 9.12. The lowest BCUT2D eigenvalue weighted by Crippen LogP contribution is -2.11. The first kappa shape index (κ1) is 18.0. The van der Waals surface area contributed by atoms with E-state index in [2.05, 4.69) is 26.0 Å². The van der Waals surface area contributed by atoms with Crippen molar-refractivity contribution in [2.75, 3.05) is 6.61 Å². The predicted molar refractivity (Wildman–Crippen MR) is 99.7 cm³/mol. The Morgan fingerprint density at radius 1 is 1.28 bits per heavy atom. The summed E-state index contributed by atoms with van der Waals surface area (Å²) in [7, 11) is 0. The molecule has 0 amide bonds. The molecule has 0 bridgehead atoms. The van der Waals surface area contributed by atoms with E-state index in [1.165, 1.54) is 6.07 Å². The molecule has 1 atom stereocenters. The second kappa shape index (κ2) is 7.23. The van der Waals surface area contributed by atoms with Crippen molar-refractivity contribution in [3.63, 3.8) is 0 Å². The maximum atomic E-state index is 14.1. The molecule has 0 spiro atoms. The van der Waals surface area contributed by atoms with Gasteiger partial charge in [-0.25, -0.2) is 14.1 Å². The molecule has 1 N–H and O–H groups in total. The summed E-state index contributed by atoms with van der Waals surface area (Å²) in [5, 5.41) is 14.7. The number of halogens is 3. The highest BCUT2D eigenvalue weighted by Gasteiger charge is 2.20. The summed E-state index contributed by atoms with van der Waals surface area (Å²) in [6.45, 7) is 3.63. The molecule has 0 saturated carbocycles. The summed E-state index contributed by atoms with van der Waals surface area (Å²) in [5.41, 5.74) is 2.22. The Morgan fingerprint density at radius 3 is 2.60 bits per heavy atom. The molecule has 0 aliphatic carbocycles. The number of aromatic nitrogens is 3. The van der Waals surface area contributed by atoms with Crippen LogP contribution in [0.25, 0.3) is 17.1 Å². The number of nitrogens with zero attached hydrogens (tertiary/aromatic N) is 3.